The second-order valence-corrected chi connectivity index (χ2v) is 5.40. The Labute approximate surface area is 123 Å². The first-order valence-corrected chi connectivity index (χ1v) is 7.37. The molecular formula is C17H29NO2. The summed E-state index contributed by atoms with van der Waals surface area (Å²) in [6, 6.07) is 4.41. The monoisotopic (exact) mass is 279 g/mol. The molecule has 0 aromatic heterocycles. The van der Waals surface area contributed by atoms with E-state index >= 15 is 0 Å². The lowest BCUT2D eigenvalue weighted by atomic mass is 9.81. The van der Waals surface area contributed by atoms with E-state index in [4.69, 9.17) is 9.47 Å². The zero-order valence-corrected chi connectivity index (χ0v) is 14.0. The van der Waals surface area contributed by atoms with Crippen molar-refractivity contribution in [2.45, 2.75) is 52.2 Å². The zero-order chi connectivity index (χ0) is 15.3. The number of likely N-dealkylation sites (N-methyl/N-ethyl adjacent to an activating group) is 1. The molecule has 1 atom stereocenters. The highest BCUT2D eigenvalue weighted by Gasteiger charge is 2.38. The quantitative estimate of drug-likeness (QED) is 0.824. The number of methoxy groups -OCH3 is 2. The first-order chi connectivity index (χ1) is 9.49. The van der Waals surface area contributed by atoms with Crippen LogP contribution in [0.2, 0.25) is 0 Å². The summed E-state index contributed by atoms with van der Waals surface area (Å²) >= 11 is 0. The number of rotatable bonds is 7. The van der Waals surface area contributed by atoms with Crippen molar-refractivity contribution in [2.24, 2.45) is 0 Å². The Morgan fingerprint density at radius 2 is 1.75 bits per heavy atom. The number of ether oxygens (including phenoxy) is 2. The molecule has 0 aliphatic carbocycles. The van der Waals surface area contributed by atoms with Crippen molar-refractivity contribution in [1.29, 1.82) is 0 Å². The van der Waals surface area contributed by atoms with Crippen LogP contribution in [0.5, 0.6) is 5.75 Å². The van der Waals surface area contributed by atoms with Crippen molar-refractivity contribution in [3.05, 3.63) is 28.8 Å². The Morgan fingerprint density at radius 1 is 1.15 bits per heavy atom. The number of nitrogens with one attached hydrogen (secondary N) is 1. The molecule has 0 aliphatic rings. The third kappa shape index (κ3) is 2.99. The Balaban J connectivity index is 3.45. The summed E-state index contributed by atoms with van der Waals surface area (Å²) in [5.74, 6) is 0.935. The lowest BCUT2D eigenvalue weighted by Gasteiger charge is -2.39. The fourth-order valence-electron chi connectivity index (χ4n) is 3.21. The van der Waals surface area contributed by atoms with Gasteiger partial charge in [0.15, 0.2) is 0 Å². The summed E-state index contributed by atoms with van der Waals surface area (Å²) in [6.45, 7) is 8.58. The van der Waals surface area contributed by atoms with E-state index in [0.29, 0.717) is 0 Å². The van der Waals surface area contributed by atoms with Crippen molar-refractivity contribution in [2.75, 3.05) is 21.3 Å². The molecule has 114 valence electrons. The van der Waals surface area contributed by atoms with Crippen molar-refractivity contribution in [3.63, 3.8) is 0 Å². The first kappa shape index (κ1) is 17.0. The standard InChI is InChI=1S/C17H29NO2/c1-8-17(9-2,20-7)16(18-5)15-13(4)10-12(3)11-14(15)19-6/h10-11,16,18H,8-9H2,1-7H3. The van der Waals surface area contributed by atoms with Crippen LogP contribution in [-0.2, 0) is 4.74 Å². The molecule has 0 radical (unpaired) electrons. The third-order valence-corrected chi connectivity index (χ3v) is 4.42. The average molecular weight is 279 g/mol. The fourth-order valence-corrected chi connectivity index (χ4v) is 3.21. The molecule has 0 bridgehead atoms. The van der Waals surface area contributed by atoms with Gasteiger partial charge in [-0.05, 0) is 50.9 Å². The molecule has 20 heavy (non-hydrogen) atoms. The topological polar surface area (TPSA) is 30.5 Å². The predicted molar refractivity (Wildman–Crippen MR) is 84.6 cm³/mol. The molecule has 1 aromatic rings. The molecule has 3 nitrogen and oxygen atoms in total. The van der Waals surface area contributed by atoms with Crippen LogP contribution < -0.4 is 10.1 Å². The average Bonchev–Trinajstić information content (AvgIpc) is 2.45. The van der Waals surface area contributed by atoms with Crippen LogP contribution in [0, 0.1) is 13.8 Å². The SMILES string of the molecule is CCC(CC)(OC)C(NC)c1c(C)cc(C)cc1OC. The maximum Gasteiger partial charge on any atom is 0.124 e. The second kappa shape index (κ2) is 7.09. The van der Waals surface area contributed by atoms with Gasteiger partial charge in [-0.3, -0.25) is 0 Å². The van der Waals surface area contributed by atoms with E-state index in [1.54, 1.807) is 14.2 Å². The van der Waals surface area contributed by atoms with E-state index in [2.05, 4.69) is 45.1 Å². The lowest BCUT2D eigenvalue weighted by Crippen LogP contribution is -2.44. The first-order valence-electron chi connectivity index (χ1n) is 7.37. The summed E-state index contributed by atoms with van der Waals surface area (Å²) in [7, 11) is 5.52. The second-order valence-electron chi connectivity index (χ2n) is 5.40. The van der Waals surface area contributed by atoms with Gasteiger partial charge in [0.25, 0.3) is 0 Å². The highest BCUT2D eigenvalue weighted by molar-refractivity contribution is 5.46. The molecular weight excluding hydrogens is 250 g/mol. The molecule has 0 heterocycles. The van der Waals surface area contributed by atoms with Crippen LogP contribution in [0.3, 0.4) is 0 Å². The number of aryl methyl sites for hydroxylation is 2. The summed E-state index contributed by atoms with van der Waals surface area (Å²) < 4.78 is 11.5. The molecule has 0 amide bonds. The molecule has 1 N–H and O–H groups in total. The summed E-state index contributed by atoms with van der Waals surface area (Å²) in [5.41, 5.74) is 3.44. The Bertz CT molecular complexity index is 431. The van der Waals surface area contributed by atoms with Crippen molar-refractivity contribution >= 4 is 0 Å². The minimum Gasteiger partial charge on any atom is -0.496 e. The van der Waals surface area contributed by atoms with Crippen LogP contribution in [0.25, 0.3) is 0 Å². The molecule has 1 unspecified atom stereocenters. The zero-order valence-electron chi connectivity index (χ0n) is 14.0. The largest absolute Gasteiger partial charge is 0.496 e. The molecule has 0 spiro atoms. The maximum atomic E-state index is 5.91. The molecule has 0 fully saturated rings. The molecule has 0 saturated carbocycles. The van der Waals surface area contributed by atoms with Gasteiger partial charge in [0.2, 0.25) is 0 Å². The van der Waals surface area contributed by atoms with Crippen LogP contribution in [0.15, 0.2) is 12.1 Å². The van der Waals surface area contributed by atoms with E-state index in [1.807, 2.05) is 7.05 Å². The Morgan fingerprint density at radius 3 is 2.15 bits per heavy atom. The molecule has 0 saturated heterocycles. The van der Waals surface area contributed by atoms with Gasteiger partial charge in [-0.2, -0.15) is 0 Å². The number of benzene rings is 1. The normalized spacial score (nSPS) is 13.3. The van der Waals surface area contributed by atoms with Gasteiger partial charge < -0.3 is 14.8 Å². The van der Waals surface area contributed by atoms with Crippen LogP contribution in [-0.4, -0.2) is 26.9 Å². The van der Waals surface area contributed by atoms with E-state index in [-0.39, 0.29) is 11.6 Å². The van der Waals surface area contributed by atoms with E-state index < -0.39 is 0 Å². The smallest absolute Gasteiger partial charge is 0.124 e. The third-order valence-electron chi connectivity index (χ3n) is 4.42. The van der Waals surface area contributed by atoms with E-state index in [0.717, 1.165) is 18.6 Å². The minimum absolute atomic E-state index is 0.109. The van der Waals surface area contributed by atoms with Crippen LogP contribution >= 0.6 is 0 Å². The van der Waals surface area contributed by atoms with Crippen molar-refractivity contribution in [3.8, 4) is 5.75 Å². The van der Waals surface area contributed by atoms with E-state index in [1.165, 1.54) is 16.7 Å². The van der Waals surface area contributed by atoms with Gasteiger partial charge in [-0.25, -0.2) is 0 Å². The van der Waals surface area contributed by atoms with Gasteiger partial charge in [0, 0.05) is 12.7 Å². The van der Waals surface area contributed by atoms with Gasteiger partial charge in [-0.1, -0.05) is 19.9 Å². The van der Waals surface area contributed by atoms with Crippen LogP contribution in [0.4, 0.5) is 0 Å². The van der Waals surface area contributed by atoms with Crippen molar-refractivity contribution in [1.82, 2.24) is 5.32 Å². The van der Waals surface area contributed by atoms with Crippen molar-refractivity contribution < 1.29 is 9.47 Å². The highest BCUT2D eigenvalue weighted by Crippen LogP contribution is 2.40. The van der Waals surface area contributed by atoms with Gasteiger partial charge >= 0.3 is 0 Å². The number of hydrogen-bond donors (Lipinski definition) is 1. The summed E-state index contributed by atoms with van der Waals surface area (Å²) in [5, 5.41) is 3.44. The molecule has 1 aromatic carbocycles. The molecule has 3 heteroatoms. The Hall–Kier alpha value is -1.06. The van der Waals surface area contributed by atoms with E-state index in [9.17, 15) is 0 Å². The number of hydrogen-bond acceptors (Lipinski definition) is 3. The fraction of sp³-hybridized carbons (Fsp3) is 0.647. The Kier molecular flexibility index (Phi) is 6.03. The summed E-state index contributed by atoms with van der Waals surface area (Å²) in [4.78, 5) is 0. The summed E-state index contributed by atoms with van der Waals surface area (Å²) in [6.07, 6.45) is 1.89. The minimum atomic E-state index is -0.220. The van der Waals surface area contributed by atoms with Gasteiger partial charge in [-0.15, -0.1) is 0 Å². The van der Waals surface area contributed by atoms with Gasteiger partial charge in [0.05, 0.1) is 18.8 Å². The van der Waals surface area contributed by atoms with Crippen LogP contribution in [0.1, 0.15) is 49.4 Å². The maximum absolute atomic E-state index is 5.91. The molecule has 1 rings (SSSR count). The lowest BCUT2D eigenvalue weighted by molar-refractivity contribution is -0.0474. The molecule has 0 aliphatic heterocycles. The predicted octanol–water partition coefficient (Wildman–Crippen LogP) is 3.78. The van der Waals surface area contributed by atoms with Gasteiger partial charge in [0.1, 0.15) is 5.75 Å². The highest BCUT2D eigenvalue weighted by atomic mass is 16.5.